The van der Waals surface area contributed by atoms with Gasteiger partial charge in [0.05, 0.1) is 16.9 Å². The fourth-order valence-electron chi connectivity index (χ4n) is 5.21. The largest absolute Gasteiger partial charge is 0.341 e. The van der Waals surface area contributed by atoms with Crippen molar-refractivity contribution in [3.8, 4) is 0 Å². The number of amides is 4. The third-order valence-corrected chi connectivity index (χ3v) is 7.18. The first kappa shape index (κ1) is 24.5. The smallest absolute Gasteiger partial charge is 0.256 e. The van der Waals surface area contributed by atoms with E-state index in [1.807, 2.05) is 30.3 Å². The molecule has 4 rings (SSSR count). The average molecular weight is 481 g/mol. The van der Waals surface area contributed by atoms with Gasteiger partial charge >= 0.3 is 0 Å². The molecule has 184 valence electrons. The van der Waals surface area contributed by atoms with Crippen molar-refractivity contribution < 1.29 is 23.6 Å². The van der Waals surface area contributed by atoms with E-state index < -0.39 is 29.2 Å². The summed E-state index contributed by atoms with van der Waals surface area (Å²) in [4.78, 5) is 58.6. The number of pyridine rings is 1. The summed E-state index contributed by atoms with van der Waals surface area (Å²) >= 11 is 0. The minimum absolute atomic E-state index is 0.218. The van der Waals surface area contributed by atoms with E-state index in [-0.39, 0.29) is 42.3 Å². The standard InChI is InChI=1S/C26H29FN4O4/c1-16(2)20(29-22(32)18-10-7-13-28-21(18)27)24(34)31-14-11-26(12-15-31)19(17-8-5-4-6-9-17)23(33)30(3)25(26)35/h4-10,13,16,19-20H,11-12,14-15H2,1-3H3,(H,29,32)/t19?,20-/m1/s1. The predicted molar refractivity (Wildman–Crippen MR) is 125 cm³/mol. The number of nitrogens with zero attached hydrogens (tertiary/aromatic N) is 3. The first-order valence-electron chi connectivity index (χ1n) is 11.7. The van der Waals surface area contributed by atoms with Gasteiger partial charge in [-0.05, 0) is 36.5 Å². The maximum Gasteiger partial charge on any atom is 0.256 e. The highest BCUT2D eigenvalue weighted by atomic mass is 19.1. The molecule has 1 aromatic heterocycles. The molecule has 0 saturated carbocycles. The summed E-state index contributed by atoms with van der Waals surface area (Å²) in [5, 5.41) is 2.65. The molecule has 1 spiro atoms. The van der Waals surface area contributed by atoms with Crippen molar-refractivity contribution in [2.24, 2.45) is 11.3 Å². The number of likely N-dealkylation sites (N-methyl/N-ethyl adjacent to an activating group) is 1. The zero-order valence-corrected chi connectivity index (χ0v) is 20.0. The molecule has 2 saturated heterocycles. The summed E-state index contributed by atoms with van der Waals surface area (Å²) in [6.45, 7) is 4.14. The quantitative estimate of drug-likeness (QED) is 0.523. The number of carbonyl (C=O) groups is 4. The van der Waals surface area contributed by atoms with E-state index in [4.69, 9.17) is 0 Å². The van der Waals surface area contributed by atoms with E-state index in [0.717, 1.165) is 5.56 Å². The molecule has 1 unspecified atom stereocenters. The second-order valence-electron chi connectivity index (χ2n) is 9.56. The van der Waals surface area contributed by atoms with Crippen molar-refractivity contribution in [1.29, 1.82) is 0 Å². The third kappa shape index (κ3) is 4.31. The Bertz CT molecular complexity index is 1150. The fraction of sp³-hybridized carbons (Fsp3) is 0.423. The maximum atomic E-state index is 14.0. The van der Waals surface area contributed by atoms with Crippen LogP contribution in [0.4, 0.5) is 4.39 Å². The van der Waals surface area contributed by atoms with Gasteiger partial charge in [-0.15, -0.1) is 0 Å². The number of nitrogens with one attached hydrogen (secondary N) is 1. The summed E-state index contributed by atoms with van der Waals surface area (Å²) in [5.41, 5.74) is -0.340. The van der Waals surface area contributed by atoms with Gasteiger partial charge in [-0.25, -0.2) is 4.98 Å². The van der Waals surface area contributed by atoms with Gasteiger partial charge in [-0.1, -0.05) is 44.2 Å². The average Bonchev–Trinajstić information content (AvgIpc) is 3.03. The molecule has 8 nitrogen and oxygen atoms in total. The van der Waals surface area contributed by atoms with E-state index >= 15 is 0 Å². The molecule has 3 heterocycles. The van der Waals surface area contributed by atoms with Crippen LogP contribution in [0.5, 0.6) is 0 Å². The van der Waals surface area contributed by atoms with E-state index in [1.54, 1.807) is 18.7 Å². The Morgan fingerprint density at radius 2 is 1.74 bits per heavy atom. The third-order valence-electron chi connectivity index (χ3n) is 7.18. The Balaban J connectivity index is 1.52. The molecular weight excluding hydrogens is 451 g/mol. The zero-order chi connectivity index (χ0) is 25.3. The molecule has 2 fully saturated rings. The van der Waals surface area contributed by atoms with E-state index in [2.05, 4.69) is 10.3 Å². The molecule has 2 aromatic rings. The van der Waals surface area contributed by atoms with Crippen molar-refractivity contribution in [1.82, 2.24) is 20.1 Å². The Morgan fingerprint density at radius 3 is 2.34 bits per heavy atom. The van der Waals surface area contributed by atoms with Crippen LogP contribution < -0.4 is 5.32 Å². The molecule has 2 atom stereocenters. The van der Waals surface area contributed by atoms with E-state index in [1.165, 1.54) is 30.3 Å². The van der Waals surface area contributed by atoms with Crippen molar-refractivity contribution >= 4 is 23.6 Å². The number of likely N-dealkylation sites (tertiary alicyclic amines) is 2. The Hall–Kier alpha value is -3.62. The van der Waals surface area contributed by atoms with Gasteiger partial charge in [-0.2, -0.15) is 4.39 Å². The van der Waals surface area contributed by atoms with Crippen LogP contribution in [0, 0.1) is 17.3 Å². The van der Waals surface area contributed by atoms with Gasteiger partial charge in [-0.3, -0.25) is 24.1 Å². The highest BCUT2D eigenvalue weighted by Gasteiger charge is 2.59. The molecule has 35 heavy (non-hydrogen) atoms. The zero-order valence-electron chi connectivity index (χ0n) is 20.0. The number of piperidine rings is 1. The van der Waals surface area contributed by atoms with Crippen molar-refractivity contribution in [3.63, 3.8) is 0 Å². The lowest BCUT2D eigenvalue weighted by atomic mass is 9.67. The lowest BCUT2D eigenvalue weighted by Crippen LogP contribution is -2.55. The Labute approximate surface area is 203 Å². The monoisotopic (exact) mass is 480 g/mol. The van der Waals surface area contributed by atoms with Gasteiger partial charge in [0.25, 0.3) is 5.91 Å². The lowest BCUT2D eigenvalue weighted by Gasteiger charge is -2.41. The van der Waals surface area contributed by atoms with Crippen LogP contribution >= 0.6 is 0 Å². The first-order valence-corrected chi connectivity index (χ1v) is 11.7. The number of hydrogen-bond donors (Lipinski definition) is 1. The number of rotatable bonds is 5. The molecule has 0 bridgehead atoms. The number of halogens is 1. The molecule has 0 radical (unpaired) electrons. The number of imide groups is 1. The molecule has 4 amide bonds. The highest BCUT2D eigenvalue weighted by molar-refractivity contribution is 6.10. The maximum absolute atomic E-state index is 14.0. The fourth-order valence-corrected chi connectivity index (χ4v) is 5.21. The Kier molecular flexibility index (Phi) is 6.69. The molecule has 9 heteroatoms. The summed E-state index contributed by atoms with van der Waals surface area (Å²) in [6.07, 6.45) is 1.92. The van der Waals surface area contributed by atoms with Gasteiger partial charge in [0.15, 0.2) is 0 Å². The molecule has 2 aliphatic rings. The highest BCUT2D eigenvalue weighted by Crippen LogP contribution is 2.51. The molecule has 1 N–H and O–H groups in total. The van der Waals surface area contributed by atoms with E-state index in [9.17, 15) is 23.6 Å². The minimum Gasteiger partial charge on any atom is -0.341 e. The number of hydrogen-bond acceptors (Lipinski definition) is 5. The van der Waals surface area contributed by atoms with E-state index in [0.29, 0.717) is 12.8 Å². The summed E-state index contributed by atoms with van der Waals surface area (Å²) in [5.74, 6) is -3.20. The molecule has 0 aliphatic carbocycles. The Morgan fingerprint density at radius 1 is 1.09 bits per heavy atom. The molecular formula is C26H29FN4O4. The number of benzene rings is 1. The second-order valence-corrected chi connectivity index (χ2v) is 9.56. The second kappa shape index (κ2) is 9.56. The van der Waals surface area contributed by atoms with Crippen molar-refractivity contribution in [2.45, 2.75) is 38.6 Å². The summed E-state index contributed by atoms with van der Waals surface area (Å²) < 4.78 is 14.0. The first-order chi connectivity index (χ1) is 16.7. The molecule has 2 aliphatic heterocycles. The lowest BCUT2D eigenvalue weighted by molar-refractivity contribution is -0.144. The normalized spacial score (nSPS) is 20.4. The SMILES string of the molecule is CC(C)[C@@H](NC(=O)c1cccnc1F)C(=O)N1CCC2(CC1)C(=O)N(C)C(=O)C2c1ccccc1. The van der Waals surface area contributed by atoms with Crippen LogP contribution in [0.2, 0.25) is 0 Å². The topological polar surface area (TPSA) is 99.7 Å². The molecule has 1 aromatic carbocycles. The van der Waals surface area contributed by atoms with Crippen molar-refractivity contribution in [2.75, 3.05) is 20.1 Å². The van der Waals surface area contributed by atoms with Crippen LogP contribution in [0.15, 0.2) is 48.7 Å². The van der Waals surface area contributed by atoms with Crippen LogP contribution in [0.3, 0.4) is 0 Å². The summed E-state index contributed by atoms with van der Waals surface area (Å²) in [7, 11) is 1.51. The minimum atomic E-state index is -0.903. The van der Waals surface area contributed by atoms with Gasteiger partial charge in [0.2, 0.25) is 23.7 Å². The van der Waals surface area contributed by atoms with Crippen molar-refractivity contribution in [3.05, 3.63) is 65.7 Å². The van der Waals surface area contributed by atoms with Crippen LogP contribution in [0.25, 0.3) is 0 Å². The van der Waals surface area contributed by atoms with Crippen LogP contribution in [-0.4, -0.2) is 64.6 Å². The van der Waals surface area contributed by atoms with Gasteiger partial charge in [0, 0.05) is 26.3 Å². The summed E-state index contributed by atoms with van der Waals surface area (Å²) in [6, 6.07) is 11.2. The van der Waals surface area contributed by atoms with Gasteiger partial charge in [0.1, 0.15) is 6.04 Å². The van der Waals surface area contributed by atoms with Gasteiger partial charge < -0.3 is 10.2 Å². The van der Waals surface area contributed by atoms with Crippen LogP contribution in [-0.2, 0) is 14.4 Å². The number of aromatic nitrogens is 1. The van der Waals surface area contributed by atoms with Crippen LogP contribution in [0.1, 0.15) is 48.5 Å². The number of carbonyl (C=O) groups excluding carboxylic acids is 4. The predicted octanol–water partition coefficient (Wildman–Crippen LogP) is 2.37.